The molecule has 11 nitrogen and oxygen atoms in total. The van der Waals surface area contributed by atoms with Gasteiger partial charge in [-0.1, -0.05) is 5.22 Å². The van der Waals surface area contributed by atoms with Gasteiger partial charge in [0.15, 0.2) is 0 Å². The van der Waals surface area contributed by atoms with Crippen molar-refractivity contribution >= 4 is 12.3 Å². The van der Waals surface area contributed by atoms with Gasteiger partial charge in [0.1, 0.15) is 12.7 Å². The van der Waals surface area contributed by atoms with Crippen LogP contribution in [0.2, 0.25) is 0 Å². The Labute approximate surface area is 138 Å². The molecule has 2 rings (SSSR count). The monoisotopic (exact) mass is 333 g/mol. The molecule has 2 aromatic rings. The van der Waals surface area contributed by atoms with Crippen LogP contribution in [0.1, 0.15) is 10.4 Å². The fourth-order valence-electron chi connectivity index (χ4n) is 1.42. The summed E-state index contributed by atoms with van der Waals surface area (Å²) in [4.78, 5) is 16.5. The van der Waals surface area contributed by atoms with Gasteiger partial charge in [0.05, 0.1) is 17.8 Å². The molecule has 0 aliphatic rings. The first kappa shape index (κ1) is 18.8. The smallest absolute Gasteiger partial charge is 0.335 e. The van der Waals surface area contributed by atoms with Gasteiger partial charge in [0.2, 0.25) is 0 Å². The minimum atomic E-state index is -0.951. The zero-order chi connectivity index (χ0) is 17.8. The van der Waals surface area contributed by atoms with Crippen LogP contribution in [0.15, 0.2) is 45.9 Å². The Morgan fingerprint density at radius 3 is 2.58 bits per heavy atom. The molecule has 0 spiro atoms. The highest BCUT2D eigenvalue weighted by molar-refractivity contribution is 5.87. The van der Waals surface area contributed by atoms with Crippen LogP contribution in [0, 0.1) is 0 Å². The van der Waals surface area contributed by atoms with Gasteiger partial charge in [-0.25, -0.2) is 9.48 Å². The van der Waals surface area contributed by atoms with Crippen LogP contribution < -0.4 is 5.84 Å². The number of rotatable bonds is 6. The first-order valence-corrected chi connectivity index (χ1v) is 6.84. The number of aromatic nitrogens is 4. The van der Waals surface area contributed by atoms with Crippen LogP contribution in [0.5, 0.6) is 0 Å². The van der Waals surface area contributed by atoms with Crippen molar-refractivity contribution in [1.82, 2.24) is 25.1 Å². The normalized spacial score (nSPS) is 11.0. The summed E-state index contributed by atoms with van der Waals surface area (Å²) in [5, 5.41) is 25.6. The molecule has 0 unspecified atom stereocenters. The number of likely N-dealkylation sites (N-methyl/N-ethyl adjacent to an activating group) is 1. The predicted molar refractivity (Wildman–Crippen MR) is 87.1 cm³/mol. The van der Waals surface area contributed by atoms with E-state index in [9.17, 15) is 4.79 Å². The molecule has 0 atom stereocenters. The molecule has 1 aromatic heterocycles. The topological polar surface area (TPSA) is 147 Å². The summed E-state index contributed by atoms with van der Waals surface area (Å²) < 4.78 is 1.45. The largest absolute Gasteiger partial charge is 0.478 e. The molecule has 1 aromatic carbocycles. The van der Waals surface area contributed by atoms with E-state index in [0.29, 0.717) is 0 Å². The van der Waals surface area contributed by atoms with E-state index in [1.807, 2.05) is 19.0 Å². The number of aliphatic imine (C=N–C) groups is 1. The summed E-state index contributed by atoms with van der Waals surface area (Å²) in [5.41, 5.74) is 0.960. The fraction of sp³-hybridized carbons (Fsp3) is 0.308. The molecule has 1 heterocycles. The van der Waals surface area contributed by atoms with E-state index in [0.717, 1.165) is 18.8 Å². The number of hydrogen-bond acceptors (Lipinski definition) is 7. The lowest BCUT2D eigenvalue weighted by atomic mass is 10.2. The Kier molecular flexibility index (Phi) is 8.25. The first-order chi connectivity index (χ1) is 11.5. The lowest BCUT2D eigenvalue weighted by molar-refractivity contribution is 0.0697. The quantitative estimate of drug-likeness (QED) is 0.253. The number of carboxylic acid groups (broad SMARTS) is 1. The molecule has 0 amide bonds. The standard InChI is InChI=1S/C8H6N4O2.C5H13N5/c13-8(14)6-1-3-7(4-2-6)12-5-9-10-11-12;1-10(2)4-3-7-5-8-9-6/h1-5H,(H,13,14);5H,3-4H2,1-2H3,(H2,6,7,8). The Balaban J connectivity index is 0.000000257. The number of hydrogen-bond donors (Lipinski definition) is 2. The van der Waals surface area contributed by atoms with E-state index < -0.39 is 5.97 Å². The molecule has 0 radical (unpaired) electrons. The Morgan fingerprint density at radius 2 is 2.08 bits per heavy atom. The highest BCUT2D eigenvalue weighted by Crippen LogP contribution is 2.07. The highest BCUT2D eigenvalue weighted by atomic mass is 16.4. The molecule has 3 N–H and O–H groups in total. The van der Waals surface area contributed by atoms with E-state index in [4.69, 9.17) is 10.9 Å². The van der Waals surface area contributed by atoms with Crippen LogP contribution in [0.4, 0.5) is 0 Å². The van der Waals surface area contributed by atoms with Gasteiger partial charge in [0, 0.05) is 6.54 Å². The average Bonchev–Trinajstić information content (AvgIpc) is 3.09. The van der Waals surface area contributed by atoms with Gasteiger partial charge < -0.3 is 15.8 Å². The van der Waals surface area contributed by atoms with Gasteiger partial charge in [0.25, 0.3) is 0 Å². The lowest BCUT2D eigenvalue weighted by Gasteiger charge is -2.04. The van der Waals surface area contributed by atoms with Crippen molar-refractivity contribution in [2.24, 2.45) is 21.2 Å². The predicted octanol–water partition coefficient (Wildman–Crippen LogP) is 0.263. The number of aromatic carboxylic acids is 1. The van der Waals surface area contributed by atoms with Crippen LogP contribution in [-0.4, -0.2) is 69.7 Å². The number of nitrogens with zero attached hydrogens (tertiary/aromatic N) is 8. The summed E-state index contributed by atoms with van der Waals surface area (Å²) in [7, 11) is 3.97. The summed E-state index contributed by atoms with van der Waals surface area (Å²) in [5.74, 6) is 3.78. The Morgan fingerprint density at radius 1 is 1.38 bits per heavy atom. The third kappa shape index (κ3) is 7.17. The van der Waals surface area contributed by atoms with E-state index >= 15 is 0 Å². The maximum atomic E-state index is 10.6. The van der Waals surface area contributed by atoms with Gasteiger partial charge >= 0.3 is 5.97 Å². The number of benzene rings is 1. The number of nitrogens with two attached hydrogens (primary N) is 1. The molecule has 128 valence electrons. The molecule has 0 aliphatic heterocycles. The second-order valence-corrected chi connectivity index (χ2v) is 4.66. The van der Waals surface area contributed by atoms with E-state index in [1.165, 1.54) is 29.5 Å². The van der Waals surface area contributed by atoms with Crippen LogP contribution in [0.3, 0.4) is 0 Å². The van der Waals surface area contributed by atoms with Crippen molar-refractivity contribution in [2.75, 3.05) is 27.2 Å². The van der Waals surface area contributed by atoms with Crippen molar-refractivity contribution in [3.63, 3.8) is 0 Å². The van der Waals surface area contributed by atoms with Gasteiger partial charge in [-0.05, 0) is 48.8 Å². The van der Waals surface area contributed by atoms with Gasteiger partial charge in [-0.2, -0.15) is 0 Å². The summed E-state index contributed by atoms with van der Waals surface area (Å²) >= 11 is 0. The number of carbonyl (C=O) groups is 1. The molecule has 0 bridgehead atoms. The molecule has 0 saturated heterocycles. The van der Waals surface area contributed by atoms with Gasteiger partial charge in [-0.3, -0.25) is 4.99 Å². The Hall–Kier alpha value is -3.21. The molecule has 11 heteroatoms. The zero-order valence-electron chi connectivity index (χ0n) is 13.4. The molecule has 0 fully saturated rings. The van der Waals surface area contributed by atoms with Gasteiger partial charge in [-0.15, -0.1) is 10.2 Å². The van der Waals surface area contributed by atoms with Crippen LogP contribution in [-0.2, 0) is 0 Å². The summed E-state index contributed by atoms with van der Waals surface area (Å²) in [6.45, 7) is 1.64. The number of carboxylic acids is 1. The lowest BCUT2D eigenvalue weighted by Crippen LogP contribution is -2.15. The van der Waals surface area contributed by atoms with E-state index in [1.54, 1.807) is 12.1 Å². The molecule has 0 saturated carbocycles. The molecular weight excluding hydrogens is 314 g/mol. The third-order valence-electron chi connectivity index (χ3n) is 2.60. The second-order valence-electron chi connectivity index (χ2n) is 4.66. The summed E-state index contributed by atoms with van der Waals surface area (Å²) in [6.07, 6.45) is 2.79. The fourth-order valence-corrected chi connectivity index (χ4v) is 1.42. The molecule has 0 aliphatic carbocycles. The van der Waals surface area contributed by atoms with Crippen molar-refractivity contribution in [3.8, 4) is 5.69 Å². The van der Waals surface area contributed by atoms with Crippen LogP contribution >= 0.6 is 0 Å². The highest BCUT2D eigenvalue weighted by Gasteiger charge is 2.02. The zero-order valence-corrected chi connectivity index (χ0v) is 13.4. The minimum absolute atomic E-state index is 0.238. The maximum Gasteiger partial charge on any atom is 0.335 e. The number of tetrazole rings is 1. The Bertz CT molecular complexity index is 651. The maximum absolute atomic E-state index is 10.6. The molecule has 24 heavy (non-hydrogen) atoms. The third-order valence-corrected chi connectivity index (χ3v) is 2.60. The SMILES string of the molecule is CN(C)CCN=CN=NN.O=C(O)c1ccc(-n2cnnn2)cc1. The second kappa shape index (κ2) is 10.5. The summed E-state index contributed by atoms with van der Waals surface area (Å²) in [6, 6.07) is 6.28. The molecular formula is C13H19N9O2. The van der Waals surface area contributed by atoms with Crippen molar-refractivity contribution in [3.05, 3.63) is 36.2 Å². The van der Waals surface area contributed by atoms with Crippen molar-refractivity contribution in [1.29, 1.82) is 0 Å². The van der Waals surface area contributed by atoms with E-state index in [2.05, 4.69) is 30.9 Å². The van der Waals surface area contributed by atoms with Crippen LogP contribution in [0.25, 0.3) is 5.69 Å². The van der Waals surface area contributed by atoms with Crippen molar-refractivity contribution in [2.45, 2.75) is 0 Å². The first-order valence-electron chi connectivity index (χ1n) is 6.84. The van der Waals surface area contributed by atoms with Crippen molar-refractivity contribution < 1.29 is 9.90 Å². The minimum Gasteiger partial charge on any atom is -0.478 e. The van der Waals surface area contributed by atoms with E-state index in [-0.39, 0.29) is 5.56 Å². The average molecular weight is 333 g/mol.